The lowest BCUT2D eigenvalue weighted by Gasteiger charge is -2.29. The van der Waals surface area contributed by atoms with E-state index in [2.05, 4.69) is 10.3 Å². The van der Waals surface area contributed by atoms with Gasteiger partial charge in [-0.15, -0.1) is 0 Å². The molecule has 2 fully saturated rings. The standard InChI is InChI=1S/C21H21F2N3OS/c22-16-4-3-14(10-17(16)23)25-20-19-13-2-1-12(9-13)18(19)15(11-24-20)21(27)26-5-7-28-8-6-26/h3-4,10-13H,1-2,5-9H2,(H,24,25). The molecule has 1 aromatic heterocycles. The predicted molar refractivity (Wildman–Crippen MR) is 106 cm³/mol. The monoisotopic (exact) mass is 401 g/mol. The Balaban J connectivity index is 1.52. The largest absolute Gasteiger partial charge is 0.340 e. The highest BCUT2D eigenvalue weighted by Gasteiger charge is 2.42. The molecule has 2 bridgehead atoms. The van der Waals surface area contributed by atoms with Gasteiger partial charge in [0.1, 0.15) is 5.82 Å². The number of pyridine rings is 1. The van der Waals surface area contributed by atoms with Crippen LogP contribution in [0.1, 0.15) is 52.6 Å². The van der Waals surface area contributed by atoms with E-state index in [1.165, 1.54) is 6.07 Å². The van der Waals surface area contributed by atoms with Gasteiger partial charge in [0.2, 0.25) is 0 Å². The summed E-state index contributed by atoms with van der Waals surface area (Å²) in [5.74, 6) is 1.71. The molecule has 2 heterocycles. The average molecular weight is 401 g/mol. The van der Waals surface area contributed by atoms with E-state index in [1.54, 1.807) is 6.20 Å². The van der Waals surface area contributed by atoms with Crippen LogP contribution in [0.5, 0.6) is 0 Å². The number of anilines is 2. The molecule has 2 aromatic rings. The highest BCUT2D eigenvalue weighted by atomic mass is 32.2. The maximum absolute atomic E-state index is 13.6. The smallest absolute Gasteiger partial charge is 0.255 e. The first-order valence-electron chi connectivity index (χ1n) is 9.73. The number of carbonyl (C=O) groups excluding carboxylic acids is 1. The Labute approximate surface area is 166 Å². The summed E-state index contributed by atoms with van der Waals surface area (Å²) in [6, 6.07) is 3.75. The number of carbonyl (C=O) groups is 1. The van der Waals surface area contributed by atoms with Gasteiger partial charge in [0, 0.05) is 48.1 Å². The summed E-state index contributed by atoms with van der Waals surface area (Å²) in [4.78, 5) is 19.6. The number of benzene rings is 1. The number of nitrogens with zero attached hydrogens (tertiary/aromatic N) is 2. The molecule has 1 amide bonds. The first-order valence-corrected chi connectivity index (χ1v) is 10.9. The lowest BCUT2D eigenvalue weighted by atomic mass is 9.88. The minimum absolute atomic E-state index is 0.0796. The van der Waals surface area contributed by atoms with Crippen LogP contribution >= 0.6 is 11.8 Å². The molecule has 1 saturated heterocycles. The Morgan fingerprint density at radius 3 is 2.61 bits per heavy atom. The summed E-state index contributed by atoms with van der Waals surface area (Å²) >= 11 is 1.88. The van der Waals surface area contributed by atoms with E-state index in [4.69, 9.17) is 0 Å². The van der Waals surface area contributed by atoms with Crippen LogP contribution in [0, 0.1) is 11.6 Å². The fourth-order valence-corrected chi connectivity index (χ4v) is 5.72. The SMILES string of the molecule is O=C(c1cnc(Nc2ccc(F)c(F)c2)c2c1C1CCC2C1)N1CCSCC1. The van der Waals surface area contributed by atoms with Crippen LogP contribution in [0.15, 0.2) is 24.4 Å². The van der Waals surface area contributed by atoms with Crippen LogP contribution in [0.25, 0.3) is 0 Å². The number of aromatic nitrogens is 1. The molecular formula is C21H21F2N3OS. The number of halogens is 2. The minimum atomic E-state index is -0.891. The Kier molecular flexibility index (Phi) is 4.50. The van der Waals surface area contributed by atoms with E-state index in [9.17, 15) is 13.6 Å². The topological polar surface area (TPSA) is 45.2 Å². The first-order chi connectivity index (χ1) is 13.6. The molecule has 146 valence electrons. The van der Waals surface area contributed by atoms with Gasteiger partial charge in [0.05, 0.1) is 5.56 Å². The third kappa shape index (κ3) is 2.96. The highest BCUT2D eigenvalue weighted by molar-refractivity contribution is 7.99. The molecule has 4 nitrogen and oxygen atoms in total. The van der Waals surface area contributed by atoms with Crippen molar-refractivity contribution in [1.29, 1.82) is 0 Å². The number of rotatable bonds is 3. The van der Waals surface area contributed by atoms with Gasteiger partial charge in [0.15, 0.2) is 11.6 Å². The molecule has 1 saturated carbocycles. The van der Waals surface area contributed by atoms with Crippen molar-refractivity contribution in [3.63, 3.8) is 0 Å². The van der Waals surface area contributed by atoms with Crippen molar-refractivity contribution in [2.24, 2.45) is 0 Å². The second-order valence-electron chi connectivity index (χ2n) is 7.71. The predicted octanol–water partition coefficient (Wildman–Crippen LogP) is 4.66. The van der Waals surface area contributed by atoms with Gasteiger partial charge in [-0.2, -0.15) is 11.8 Å². The fraction of sp³-hybridized carbons (Fsp3) is 0.429. The summed E-state index contributed by atoms with van der Waals surface area (Å²) in [5.41, 5.74) is 3.41. The Hall–Kier alpha value is -2.15. The summed E-state index contributed by atoms with van der Waals surface area (Å²) in [5, 5.41) is 3.16. The molecule has 7 heteroatoms. The quantitative estimate of drug-likeness (QED) is 0.813. The van der Waals surface area contributed by atoms with E-state index < -0.39 is 11.6 Å². The van der Waals surface area contributed by atoms with Gasteiger partial charge in [-0.1, -0.05) is 0 Å². The fourth-order valence-electron chi connectivity index (χ4n) is 4.82. The number of hydrogen-bond donors (Lipinski definition) is 1. The third-order valence-corrected chi connectivity index (χ3v) is 7.06. The first kappa shape index (κ1) is 17.9. The van der Waals surface area contributed by atoms with Crippen LogP contribution < -0.4 is 5.32 Å². The van der Waals surface area contributed by atoms with E-state index in [1.807, 2.05) is 16.7 Å². The van der Waals surface area contributed by atoms with E-state index in [0.29, 0.717) is 23.3 Å². The average Bonchev–Trinajstić information content (AvgIpc) is 3.34. The molecule has 1 aromatic carbocycles. The maximum Gasteiger partial charge on any atom is 0.255 e. The van der Waals surface area contributed by atoms with Crippen molar-refractivity contribution in [2.75, 3.05) is 29.9 Å². The maximum atomic E-state index is 13.6. The molecule has 0 spiro atoms. The molecule has 0 radical (unpaired) electrons. The van der Waals surface area contributed by atoms with Crippen molar-refractivity contribution in [3.8, 4) is 0 Å². The normalized spacial score (nSPS) is 23.0. The van der Waals surface area contributed by atoms with Crippen molar-refractivity contribution in [3.05, 3.63) is 52.7 Å². The van der Waals surface area contributed by atoms with Crippen LogP contribution in [-0.2, 0) is 0 Å². The lowest BCUT2D eigenvalue weighted by Crippen LogP contribution is -2.38. The summed E-state index contributed by atoms with van der Waals surface area (Å²) in [7, 11) is 0. The molecule has 2 atom stereocenters. The number of hydrogen-bond acceptors (Lipinski definition) is 4. The second kappa shape index (κ2) is 7.03. The molecular weight excluding hydrogens is 380 g/mol. The zero-order chi connectivity index (χ0) is 19.3. The number of fused-ring (bicyclic) bond motifs is 5. The summed E-state index contributed by atoms with van der Waals surface area (Å²) in [6.07, 6.45) is 4.90. The van der Waals surface area contributed by atoms with Gasteiger partial charge in [-0.25, -0.2) is 13.8 Å². The van der Waals surface area contributed by atoms with Gasteiger partial charge in [0.25, 0.3) is 5.91 Å². The Bertz CT molecular complexity index is 945. The number of nitrogens with one attached hydrogen (secondary N) is 1. The zero-order valence-electron chi connectivity index (χ0n) is 15.4. The Morgan fingerprint density at radius 2 is 1.86 bits per heavy atom. The molecule has 3 aliphatic rings. The van der Waals surface area contributed by atoms with Crippen molar-refractivity contribution < 1.29 is 13.6 Å². The van der Waals surface area contributed by atoms with Crippen LogP contribution in [0.3, 0.4) is 0 Å². The zero-order valence-corrected chi connectivity index (χ0v) is 16.2. The third-order valence-electron chi connectivity index (χ3n) is 6.12. The second-order valence-corrected chi connectivity index (χ2v) is 8.94. The van der Waals surface area contributed by atoms with E-state index in [-0.39, 0.29) is 5.91 Å². The molecule has 28 heavy (non-hydrogen) atoms. The van der Waals surface area contributed by atoms with Gasteiger partial charge in [-0.05, 0) is 48.8 Å². The molecule has 2 aliphatic carbocycles. The van der Waals surface area contributed by atoms with Crippen molar-refractivity contribution in [2.45, 2.75) is 31.1 Å². The van der Waals surface area contributed by atoms with Crippen molar-refractivity contribution in [1.82, 2.24) is 9.88 Å². The van der Waals surface area contributed by atoms with E-state index >= 15 is 0 Å². The lowest BCUT2D eigenvalue weighted by molar-refractivity contribution is 0.0770. The van der Waals surface area contributed by atoms with Gasteiger partial charge < -0.3 is 10.2 Å². The van der Waals surface area contributed by atoms with Crippen LogP contribution in [-0.4, -0.2) is 40.4 Å². The molecule has 2 unspecified atom stereocenters. The Morgan fingerprint density at radius 1 is 1.11 bits per heavy atom. The van der Waals surface area contributed by atoms with E-state index in [0.717, 1.165) is 72.7 Å². The van der Waals surface area contributed by atoms with Crippen LogP contribution in [0.2, 0.25) is 0 Å². The summed E-state index contributed by atoms with van der Waals surface area (Å²) in [6.45, 7) is 1.56. The van der Waals surface area contributed by atoms with Crippen molar-refractivity contribution >= 4 is 29.2 Å². The van der Waals surface area contributed by atoms with Crippen LogP contribution in [0.4, 0.5) is 20.3 Å². The summed E-state index contributed by atoms with van der Waals surface area (Å²) < 4.78 is 26.8. The number of amides is 1. The minimum Gasteiger partial charge on any atom is -0.340 e. The number of thioether (sulfide) groups is 1. The van der Waals surface area contributed by atoms with Gasteiger partial charge >= 0.3 is 0 Å². The molecule has 5 rings (SSSR count). The highest BCUT2D eigenvalue weighted by Crippen LogP contribution is 2.56. The molecule has 1 aliphatic heterocycles. The van der Waals surface area contributed by atoms with Gasteiger partial charge in [-0.3, -0.25) is 4.79 Å². The molecule has 1 N–H and O–H groups in total.